The van der Waals surface area contributed by atoms with E-state index in [4.69, 9.17) is 0 Å². The zero-order valence-electron chi connectivity index (χ0n) is 20.4. The van der Waals surface area contributed by atoms with Gasteiger partial charge in [0, 0.05) is 41.0 Å². The van der Waals surface area contributed by atoms with Crippen molar-refractivity contribution in [3.05, 3.63) is 58.5 Å². The fourth-order valence-corrected chi connectivity index (χ4v) is 5.50. The predicted octanol–water partition coefficient (Wildman–Crippen LogP) is 4.59. The summed E-state index contributed by atoms with van der Waals surface area (Å²) in [4.78, 5) is 15.3. The third-order valence-corrected chi connectivity index (χ3v) is 6.89. The van der Waals surface area contributed by atoms with E-state index < -0.39 is 15.5 Å². The number of anilines is 4. The number of nitrogens with one attached hydrogen (secondary N) is 2. The van der Waals surface area contributed by atoms with Crippen molar-refractivity contribution >= 4 is 38.8 Å². The molecule has 11 heteroatoms. The second-order valence-corrected chi connectivity index (χ2v) is 12.1. The van der Waals surface area contributed by atoms with Gasteiger partial charge in [0.2, 0.25) is 5.95 Å². The van der Waals surface area contributed by atoms with Crippen LogP contribution in [0.4, 0.5) is 33.5 Å². The quantitative estimate of drug-likeness (QED) is 0.516. The molecule has 0 saturated heterocycles. The standard InChI is InChI=1S/C25H27FN8OS/c1-34-13-16-6-4-5-15-9-19(10-17(14-34)22(15)16)29-25-28-12-18(11-27)23(32-25)30-21-8-7-20(26)24(31-21)33-36(2,3)35/h7-10,12,16H,4-6,13-14H2,1-3H3,(H2,28,29,30,31,32). The Balaban J connectivity index is 1.45. The number of aromatic nitrogens is 3. The van der Waals surface area contributed by atoms with E-state index >= 15 is 0 Å². The van der Waals surface area contributed by atoms with Crippen LogP contribution in [0.5, 0.6) is 0 Å². The number of nitriles is 1. The predicted molar refractivity (Wildman–Crippen MR) is 138 cm³/mol. The van der Waals surface area contributed by atoms with Crippen molar-refractivity contribution in [3.8, 4) is 6.07 Å². The number of rotatable bonds is 5. The van der Waals surface area contributed by atoms with Gasteiger partial charge in [0.15, 0.2) is 17.5 Å². The van der Waals surface area contributed by atoms with E-state index in [0.29, 0.717) is 11.9 Å². The van der Waals surface area contributed by atoms with E-state index in [1.807, 2.05) is 0 Å². The Morgan fingerprint density at radius 2 is 2.03 bits per heavy atom. The minimum Gasteiger partial charge on any atom is -0.324 e. The highest BCUT2D eigenvalue weighted by Crippen LogP contribution is 2.40. The van der Waals surface area contributed by atoms with Gasteiger partial charge < -0.3 is 15.5 Å². The molecule has 0 amide bonds. The molecule has 0 fully saturated rings. The molecule has 5 rings (SSSR count). The van der Waals surface area contributed by atoms with Gasteiger partial charge in [0.1, 0.15) is 17.5 Å². The molecular formula is C25H27FN8OS. The number of aryl methyl sites for hydroxylation is 1. The molecule has 0 saturated carbocycles. The van der Waals surface area contributed by atoms with E-state index in [9.17, 15) is 13.9 Å². The SMILES string of the molecule is CN1Cc2cc(Nc3ncc(C#N)c(Nc4ccc(F)c(N=S(C)(C)=O)n4)n3)cc3c2C(CCC3)C1. The Kier molecular flexibility index (Phi) is 6.32. The summed E-state index contributed by atoms with van der Waals surface area (Å²) in [7, 11) is -0.452. The third kappa shape index (κ3) is 5.15. The Morgan fingerprint density at radius 3 is 2.81 bits per heavy atom. The first-order valence-electron chi connectivity index (χ1n) is 11.7. The molecule has 2 aliphatic rings. The average molecular weight is 507 g/mol. The molecule has 0 bridgehead atoms. The maximum atomic E-state index is 14.1. The summed E-state index contributed by atoms with van der Waals surface area (Å²) in [6.45, 7) is 2.00. The topological polar surface area (TPSA) is 119 Å². The highest BCUT2D eigenvalue weighted by molar-refractivity contribution is 7.92. The lowest BCUT2D eigenvalue weighted by Crippen LogP contribution is -2.33. The van der Waals surface area contributed by atoms with Crippen molar-refractivity contribution in [1.29, 1.82) is 5.26 Å². The molecule has 1 aromatic carbocycles. The second kappa shape index (κ2) is 9.44. The van der Waals surface area contributed by atoms with Gasteiger partial charge in [0.05, 0.1) is 6.20 Å². The van der Waals surface area contributed by atoms with Gasteiger partial charge in [-0.3, -0.25) is 0 Å². The lowest BCUT2D eigenvalue weighted by molar-refractivity contribution is 0.266. The first kappa shape index (κ1) is 24.1. The number of hydrogen-bond donors (Lipinski definition) is 2. The molecule has 186 valence electrons. The van der Waals surface area contributed by atoms with Crippen LogP contribution in [0.2, 0.25) is 0 Å². The van der Waals surface area contributed by atoms with Crippen molar-refractivity contribution in [2.75, 3.05) is 36.7 Å². The van der Waals surface area contributed by atoms with Crippen LogP contribution in [0.1, 0.15) is 41.0 Å². The number of benzene rings is 1. The molecule has 0 radical (unpaired) electrons. The average Bonchev–Trinajstić information content (AvgIpc) is 2.80. The summed E-state index contributed by atoms with van der Waals surface area (Å²) < 4.78 is 30.0. The van der Waals surface area contributed by atoms with Crippen molar-refractivity contribution in [2.24, 2.45) is 4.36 Å². The highest BCUT2D eigenvalue weighted by Gasteiger charge is 2.29. The van der Waals surface area contributed by atoms with E-state index in [1.54, 1.807) is 0 Å². The molecule has 2 aromatic heterocycles. The van der Waals surface area contributed by atoms with Crippen LogP contribution in [-0.4, -0.2) is 50.2 Å². The first-order valence-corrected chi connectivity index (χ1v) is 14.0. The van der Waals surface area contributed by atoms with E-state index in [0.717, 1.165) is 25.2 Å². The molecule has 1 aliphatic heterocycles. The Labute approximate surface area is 210 Å². The molecule has 36 heavy (non-hydrogen) atoms. The molecule has 2 N–H and O–H groups in total. The van der Waals surface area contributed by atoms with Gasteiger partial charge >= 0.3 is 0 Å². The summed E-state index contributed by atoms with van der Waals surface area (Å²) in [6.07, 6.45) is 7.69. The van der Waals surface area contributed by atoms with Crippen molar-refractivity contribution in [3.63, 3.8) is 0 Å². The minimum absolute atomic E-state index is 0.199. The van der Waals surface area contributed by atoms with E-state index in [1.165, 1.54) is 60.4 Å². The van der Waals surface area contributed by atoms with E-state index in [-0.39, 0.29) is 23.0 Å². The molecule has 3 aromatic rings. The Morgan fingerprint density at radius 1 is 1.22 bits per heavy atom. The lowest BCUT2D eigenvalue weighted by Gasteiger charge is -2.37. The van der Waals surface area contributed by atoms with Crippen molar-refractivity contribution in [1.82, 2.24) is 19.9 Å². The van der Waals surface area contributed by atoms with Crippen molar-refractivity contribution in [2.45, 2.75) is 31.7 Å². The Hall–Kier alpha value is -3.62. The van der Waals surface area contributed by atoms with Gasteiger partial charge in [-0.1, -0.05) is 0 Å². The smallest absolute Gasteiger partial charge is 0.229 e. The zero-order valence-corrected chi connectivity index (χ0v) is 21.2. The van der Waals surface area contributed by atoms with E-state index in [2.05, 4.69) is 60.1 Å². The molecule has 9 nitrogen and oxygen atoms in total. The lowest BCUT2D eigenvalue weighted by atomic mass is 9.77. The fourth-order valence-electron chi connectivity index (χ4n) is 4.95. The monoisotopic (exact) mass is 506 g/mol. The normalized spacial score (nSPS) is 17.1. The molecule has 1 aliphatic carbocycles. The fraction of sp³-hybridized carbons (Fsp3) is 0.360. The number of pyridine rings is 1. The molecular weight excluding hydrogens is 479 g/mol. The van der Waals surface area contributed by atoms with Crippen molar-refractivity contribution < 1.29 is 8.60 Å². The van der Waals surface area contributed by atoms with Crippen LogP contribution in [0.15, 0.2) is 34.8 Å². The third-order valence-electron chi connectivity index (χ3n) is 6.28. The van der Waals surface area contributed by atoms with Crippen LogP contribution >= 0.6 is 0 Å². The number of likely N-dealkylation sites (N-methyl/N-ethyl adjacent to an activating group) is 1. The van der Waals surface area contributed by atoms with Gasteiger partial charge in [-0.15, -0.1) is 0 Å². The maximum absolute atomic E-state index is 14.1. The number of halogens is 1. The Bertz CT molecular complexity index is 1500. The largest absolute Gasteiger partial charge is 0.324 e. The highest BCUT2D eigenvalue weighted by atomic mass is 32.2. The number of nitrogens with zero attached hydrogens (tertiary/aromatic N) is 6. The van der Waals surface area contributed by atoms with Gasteiger partial charge in [0.25, 0.3) is 0 Å². The van der Waals surface area contributed by atoms with Crippen LogP contribution in [0.3, 0.4) is 0 Å². The van der Waals surface area contributed by atoms with Gasteiger partial charge in [-0.2, -0.15) is 14.6 Å². The van der Waals surface area contributed by atoms with Gasteiger partial charge in [-0.25, -0.2) is 18.6 Å². The summed E-state index contributed by atoms with van der Waals surface area (Å²) >= 11 is 0. The summed E-state index contributed by atoms with van der Waals surface area (Å²) in [5.41, 5.74) is 5.30. The molecule has 1 unspecified atom stereocenters. The van der Waals surface area contributed by atoms with Crippen LogP contribution < -0.4 is 10.6 Å². The molecule has 3 heterocycles. The minimum atomic E-state index is -2.61. The second-order valence-electron chi connectivity index (χ2n) is 9.59. The first-order chi connectivity index (χ1) is 17.2. The summed E-state index contributed by atoms with van der Waals surface area (Å²) in [6, 6.07) is 8.96. The van der Waals surface area contributed by atoms with Gasteiger partial charge in [-0.05, 0) is 73.2 Å². The molecule has 1 atom stereocenters. The summed E-state index contributed by atoms with van der Waals surface area (Å²) in [5.74, 6) is 0.378. The van der Waals surface area contributed by atoms with Crippen LogP contribution in [0.25, 0.3) is 0 Å². The number of hydrogen-bond acceptors (Lipinski definition) is 9. The molecule has 0 spiro atoms. The van der Waals surface area contributed by atoms with Crippen LogP contribution in [-0.2, 0) is 22.7 Å². The summed E-state index contributed by atoms with van der Waals surface area (Å²) in [5, 5.41) is 15.8. The maximum Gasteiger partial charge on any atom is 0.229 e. The zero-order chi connectivity index (χ0) is 25.4. The van der Waals surface area contributed by atoms with Crippen LogP contribution in [0, 0.1) is 17.1 Å².